The SMILES string of the molecule is O=C(O)C1OC(Oc2ccc3c4c2OC2C(=O)CCC5(O)C(C3)NCCC425)C(O)C(O)C1O. The zero-order chi connectivity index (χ0) is 23.3. The van der Waals surface area contributed by atoms with Crippen LogP contribution in [-0.2, 0) is 26.2 Å². The Morgan fingerprint density at radius 2 is 1.94 bits per heavy atom. The number of aliphatic hydroxyl groups is 4. The standard InChI is InChI=1S/C22H25NO10/c24-9-3-4-22(30)11-7-8-1-2-10(16-12(8)21(22,5-6-23-11)18(9)32-16)31-20-15(27)13(25)14(26)17(33-20)19(28)29/h1-2,11,13-15,17-18,20,23,25-27,30H,3-7H2,(H,28,29). The second-order valence-electron chi connectivity index (χ2n) is 9.60. The van der Waals surface area contributed by atoms with Crippen molar-refractivity contribution in [1.82, 2.24) is 5.32 Å². The van der Waals surface area contributed by atoms with Gasteiger partial charge in [0.15, 0.2) is 29.5 Å². The normalized spacial score (nSPS) is 45.2. The van der Waals surface area contributed by atoms with E-state index in [-0.39, 0.29) is 29.7 Å². The highest BCUT2D eigenvalue weighted by Gasteiger charge is 2.72. The van der Waals surface area contributed by atoms with Crippen molar-refractivity contribution in [2.24, 2.45) is 0 Å². The van der Waals surface area contributed by atoms with Crippen LogP contribution in [0.2, 0.25) is 0 Å². The quantitative estimate of drug-likeness (QED) is 0.292. The van der Waals surface area contributed by atoms with E-state index in [0.717, 1.165) is 5.56 Å². The maximum Gasteiger partial charge on any atom is 0.335 e. The van der Waals surface area contributed by atoms with E-state index < -0.39 is 53.8 Å². The summed E-state index contributed by atoms with van der Waals surface area (Å²) >= 11 is 0. The largest absolute Gasteiger partial charge is 0.479 e. The number of ether oxygens (including phenoxy) is 3. The van der Waals surface area contributed by atoms with E-state index in [1.165, 1.54) is 0 Å². The topological polar surface area (TPSA) is 175 Å². The van der Waals surface area contributed by atoms with Crippen molar-refractivity contribution in [3.05, 3.63) is 23.3 Å². The van der Waals surface area contributed by atoms with E-state index in [9.17, 15) is 35.1 Å². The van der Waals surface area contributed by atoms with E-state index >= 15 is 0 Å². The van der Waals surface area contributed by atoms with Crippen LogP contribution < -0.4 is 14.8 Å². The number of nitrogens with one attached hydrogen (secondary N) is 1. The molecule has 2 bridgehead atoms. The average Bonchev–Trinajstić information content (AvgIpc) is 3.12. The number of aliphatic carboxylic acids is 1. The summed E-state index contributed by atoms with van der Waals surface area (Å²) in [7, 11) is 0. The molecule has 178 valence electrons. The van der Waals surface area contributed by atoms with Crippen LogP contribution >= 0.6 is 0 Å². The van der Waals surface area contributed by atoms with Crippen LogP contribution in [0.5, 0.6) is 11.5 Å². The average molecular weight is 463 g/mol. The third-order valence-electron chi connectivity index (χ3n) is 8.12. The van der Waals surface area contributed by atoms with Crippen molar-refractivity contribution in [1.29, 1.82) is 0 Å². The van der Waals surface area contributed by atoms with Gasteiger partial charge in [-0.05, 0) is 37.4 Å². The lowest BCUT2D eigenvalue weighted by Gasteiger charge is -2.59. The molecule has 3 fully saturated rings. The maximum atomic E-state index is 12.9. The molecule has 1 aromatic carbocycles. The fourth-order valence-electron chi connectivity index (χ4n) is 6.58. The molecule has 6 N–H and O–H groups in total. The van der Waals surface area contributed by atoms with Gasteiger partial charge in [-0.2, -0.15) is 0 Å². The molecule has 3 heterocycles. The van der Waals surface area contributed by atoms with Crippen molar-refractivity contribution >= 4 is 11.8 Å². The molecule has 6 rings (SSSR count). The summed E-state index contributed by atoms with van der Waals surface area (Å²) < 4.78 is 17.2. The molecule has 11 nitrogen and oxygen atoms in total. The second-order valence-corrected chi connectivity index (χ2v) is 9.60. The number of rotatable bonds is 3. The van der Waals surface area contributed by atoms with Gasteiger partial charge in [0.25, 0.3) is 0 Å². The minimum Gasteiger partial charge on any atom is -0.479 e. The summed E-state index contributed by atoms with van der Waals surface area (Å²) in [4.78, 5) is 24.3. The number of carboxylic acid groups (broad SMARTS) is 1. The van der Waals surface area contributed by atoms with Crippen LogP contribution in [0, 0.1) is 0 Å². The third kappa shape index (κ3) is 2.55. The smallest absolute Gasteiger partial charge is 0.335 e. The van der Waals surface area contributed by atoms with Gasteiger partial charge < -0.3 is 45.1 Å². The molecule has 1 spiro atoms. The molecule has 9 unspecified atom stereocenters. The number of Topliss-reactive ketones (excluding diaryl/α,β-unsaturated/α-hetero) is 1. The Labute approximate surface area is 187 Å². The van der Waals surface area contributed by atoms with Gasteiger partial charge in [0.1, 0.15) is 18.3 Å². The summed E-state index contributed by atoms with van der Waals surface area (Å²) in [6.07, 6.45) is -8.13. The summed E-state index contributed by atoms with van der Waals surface area (Å²) in [6.45, 7) is 0.610. The molecule has 1 aromatic rings. The predicted molar refractivity (Wildman–Crippen MR) is 107 cm³/mol. The van der Waals surface area contributed by atoms with Gasteiger partial charge in [-0.3, -0.25) is 4.79 Å². The van der Waals surface area contributed by atoms with E-state index in [2.05, 4.69) is 5.32 Å². The van der Waals surface area contributed by atoms with Crippen LogP contribution in [0.15, 0.2) is 12.1 Å². The minimum atomic E-state index is -1.84. The van der Waals surface area contributed by atoms with E-state index in [4.69, 9.17) is 14.2 Å². The molecule has 33 heavy (non-hydrogen) atoms. The molecule has 1 saturated carbocycles. The van der Waals surface area contributed by atoms with Gasteiger partial charge in [0, 0.05) is 18.0 Å². The molecular weight excluding hydrogens is 438 g/mol. The number of hydrogen-bond acceptors (Lipinski definition) is 10. The van der Waals surface area contributed by atoms with Crippen LogP contribution in [0.1, 0.15) is 30.4 Å². The second kappa shape index (κ2) is 6.87. The highest BCUT2D eigenvalue weighted by Crippen LogP contribution is 2.63. The minimum absolute atomic E-state index is 0.0986. The first-order valence-electron chi connectivity index (χ1n) is 11.1. The number of carbonyl (C=O) groups is 2. The van der Waals surface area contributed by atoms with Gasteiger partial charge in [-0.25, -0.2) is 4.79 Å². The van der Waals surface area contributed by atoms with Gasteiger partial charge in [-0.1, -0.05) is 6.07 Å². The molecule has 0 amide bonds. The number of hydrogen-bond donors (Lipinski definition) is 6. The van der Waals surface area contributed by atoms with Crippen LogP contribution in [0.3, 0.4) is 0 Å². The first kappa shape index (κ1) is 21.3. The van der Waals surface area contributed by atoms with Gasteiger partial charge in [-0.15, -0.1) is 0 Å². The van der Waals surface area contributed by atoms with Crippen molar-refractivity contribution in [3.8, 4) is 11.5 Å². The van der Waals surface area contributed by atoms with E-state index in [1.54, 1.807) is 12.1 Å². The fraction of sp³-hybridized carbons (Fsp3) is 0.636. The molecule has 2 aliphatic carbocycles. The van der Waals surface area contributed by atoms with Crippen LogP contribution in [0.4, 0.5) is 0 Å². The number of piperidine rings is 1. The summed E-state index contributed by atoms with van der Waals surface area (Å²) in [5, 5.41) is 54.9. The molecule has 2 saturated heterocycles. The lowest BCUT2D eigenvalue weighted by atomic mass is 9.49. The number of carboxylic acids is 1. The van der Waals surface area contributed by atoms with Crippen molar-refractivity contribution < 1.29 is 49.3 Å². The van der Waals surface area contributed by atoms with Gasteiger partial charge >= 0.3 is 5.97 Å². The molecule has 0 radical (unpaired) electrons. The molecule has 3 aliphatic heterocycles. The van der Waals surface area contributed by atoms with Crippen molar-refractivity contribution in [2.75, 3.05) is 6.54 Å². The summed E-state index contributed by atoms with van der Waals surface area (Å²) in [5.74, 6) is -1.26. The highest BCUT2D eigenvalue weighted by molar-refractivity contribution is 5.90. The Morgan fingerprint density at radius 3 is 2.70 bits per heavy atom. The van der Waals surface area contributed by atoms with Crippen LogP contribution in [-0.4, -0.2) is 92.3 Å². The van der Waals surface area contributed by atoms with Crippen LogP contribution in [0.25, 0.3) is 0 Å². The fourth-order valence-corrected chi connectivity index (χ4v) is 6.58. The summed E-state index contributed by atoms with van der Waals surface area (Å²) in [5.41, 5.74) is -0.471. The molecular formula is C22H25NO10. The van der Waals surface area contributed by atoms with Gasteiger partial charge in [0.05, 0.1) is 11.0 Å². The Morgan fingerprint density at radius 1 is 1.15 bits per heavy atom. The van der Waals surface area contributed by atoms with Crippen molar-refractivity contribution in [3.63, 3.8) is 0 Å². The number of aliphatic hydroxyl groups excluding tert-OH is 3. The Bertz CT molecular complexity index is 1050. The first-order chi connectivity index (χ1) is 15.7. The lowest BCUT2D eigenvalue weighted by molar-refractivity contribution is -0.271. The lowest BCUT2D eigenvalue weighted by Crippen LogP contribution is -2.76. The maximum absolute atomic E-state index is 12.9. The molecule has 5 aliphatic rings. The Kier molecular flexibility index (Phi) is 4.43. The molecule has 9 atom stereocenters. The monoisotopic (exact) mass is 463 g/mol. The summed E-state index contributed by atoms with van der Waals surface area (Å²) in [6, 6.07) is 3.16. The highest BCUT2D eigenvalue weighted by atomic mass is 16.7. The number of benzene rings is 1. The first-order valence-corrected chi connectivity index (χ1v) is 11.1. The zero-order valence-electron chi connectivity index (χ0n) is 17.5. The predicted octanol–water partition coefficient (Wildman–Crippen LogP) is -2.03. The molecule has 0 aromatic heterocycles. The van der Waals surface area contributed by atoms with E-state index in [0.29, 0.717) is 31.4 Å². The van der Waals surface area contributed by atoms with Crippen molar-refractivity contribution in [2.45, 2.75) is 79.6 Å². The third-order valence-corrected chi connectivity index (χ3v) is 8.12. The zero-order valence-corrected chi connectivity index (χ0v) is 17.5. The van der Waals surface area contributed by atoms with E-state index in [1.807, 2.05) is 0 Å². The number of carbonyl (C=O) groups excluding carboxylic acids is 1. The molecule has 11 heteroatoms. The Balaban J connectivity index is 1.43. The Hall–Kier alpha value is -2.28. The number of ketones is 1. The van der Waals surface area contributed by atoms with Gasteiger partial charge in [0.2, 0.25) is 6.29 Å².